The number of phenols is 1. The molecule has 206 valence electrons. The molecule has 2 heterocycles. The number of rotatable bonds is 13. The first-order chi connectivity index (χ1) is 18.2. The molecule has 4 unspecified atom stereocenters. The quantitative estimate of drug-likeness (QED) is 0.201. The summed E-state index contributed by atoms with van der Waals surface area (Å²) < 4.78 is 0. The lowest BCUT2D eigenvalue weighted by Crippen LogP contribution is -2.57. The number of carbonyl (C=O) groups excluding carboxylic acids is 3. The predicted molar refractivity (Wildman–Crippen MR) is 141 cm³/mol. The molecule has 38 heavy (non-hydrogen) atoms. The van der Waals surface area contributed by atoms with E-state index in [-0.39, 0.29) is 30.9 Å². The van der Waals surface area contributed by atoms with E-state index in [1.807, 2.05) is 6.26 Å². The smallest absolute Gasteiger partial charge is 0.326 e. The number of hydrogen-bond donors (Lipinski definition) is 6. The van der Waals surface area contributed by atoms with Gasteiger partial charge in [0.1, 0.15) is 23.9 Å². The Balaban J connectivity index is 1.65. The predicted octanol–water partition coefficient (Wildman–Crippen LogP) is 0.0261. The lowest BCUT2D eigenvalue weighted by atomic mass is 10.0. The molecule has 13 heteroatoms. The Bertz CT molecular complexity index is 1100. The van der Waals surface area contributed by atoms with Crippen molar-refractivity contribution in [1.29, 1.82) is 0 Å². The van der Waals surface area contributed by atoms with Crippen molar-refractivity contribution in [1.82, 2.24) is 25.5 Å². The maximum atomic E-state index is 13.2. The van der Waals surface area contributed by atoms with Crippen LogP contribution in [0.5, 0.6) is 5.75 Å². The number of phenolic OH excluding ortho intramolecular Hbond substituents is 1. The summed E-state index contributed by atoms with van der Waals surface area (Å²) in [5.41, 5.74) is 7.44. The normalized spacial score (nSPS) is 17.4. The van der Waals surface area contributed by atoms with Crippen LogP contribution in [-0.4, -0.2) is 91.5 Å². The lowest BCUT2D eigenvalue weighted by Gasteiger charge is -2.28. The largest absolute Gasteiger partial charge is 0.508 e. The van der Waals surface area contributed by atoms with Crippen LogP contribution in [0.3, 0.4) is 0 Å². The number of aromatic hydroxyl groups is 1. The van der Waals surface area contributed by atoms with Crippen LogP contribution in [0.1, 0.15) is 30.5 Å². The number of carboxylic acid groups (broad SMARTS) is 1. The van der Waals surface area contributed by atoms with Crippen LogP contribution >= 0.6 is 11.8 Å². The zero-order valence-corrected chi connectivity index (χ0v) is 21.9. The first-order valence-electron chi connectivity index (χ1n) is 12.3. The SMILES string of the molecule is CSCCC(NC(=O)C1CCCN1C(=O)C(N)Cc1cnc[nH]1)C(=O)NC(Cc1ccc(O)cc1)C(=O)O. The first kappa shape index (κ1) is 29.0. The Labute approximate surface area is 224 Å². The highest BCUT2D eigenvalue weighted by atomic mass is 32.2. The number of carbonyl (C=O) groups is 4. The number of nitrogens with zero attached hydrogens (tertiary/aromatic N) is 2. The monoisotopic (exact) mass is 546 g/mol. The summed E-state index contributed by atoms with van der Waals surface area (Å²) in [5.74, 6) is -2.08. The number of likely N-dealkylation sites (tertiary alicyclic amines) is 1. The number of aromatic amines is 1. The minimum Gasteiger partial charge on any atom is -0.508 e. The van der Waals surface area contributed by atoms with E-state index < -0.39 is 42.0 Å². The summed E-state index contributed by atoms with van der Waals surface area (Å²) in [4.78, 5) is 59.5. The Morgan fingerprint density at radius 2 is 1.92 bits per heavy atom. The number of amides is 3. The molecule has 4 atom stereocenters. The highest BCUT2D eigenvalue weighted by Crippen LogP contribution is 2.20. The minimum atomic E-state index is -1.23. The molecule has 1 aromatic carbocycles. The van der Waals surface area contributed by atoms with Gasteiger partial charge in [-0.05, 0) is 49.0 Å². The van der Waals surface area contributed by atoms with E-state index in [9.17, 15) is 29.4 Å². The highest BCUT2D eigenvalue weighted by Gasteiger charge is 2.38. The van der Waals surface area contributed by atoms with E-state index in [1.54, 1.807) is 18.3 Å². The third-order valence-corrected chi connectivity index (χ3v) is 7.03. The third kappa shape index (κ3) is 7.96. The van der Waals surface area contributed by atoms with E-state index >= 15 is 0 Å². The summed E-state index contributed by atoms with van der Waals surface area (Å²) >= 11 is 1.49. The van der Waals surface area contributed by atoms with Crippen molar-refractivity contribution in [2.45, 2.75) is 56.3 Å². The van der Waals surface area contributed by atoms with Gasteiger partial charge < -0.3 is 36.5 Å². The average molecular weight is 547 g/mol. The minimum absolute atomic E-state index is 0.00364. The molecule has 0 aliphatic carbocycles. The zero-order chi connectivity index (χ0) is 27.7. The van der Waals surface area contributed by atoms with Gasteiger partial charge in [-0.1, -0.05) is 12.1 Å². The van der Waals surface area contributed by atoms with Gasteiger partial charge in [-0.3, -0.25) is 14.4 Å². The summed E-state index contributed by atoms with van der Waals surface area (Å²) in [5, 5.41) is 24.4. The van der Waals surface area contributed by atoms with E-state index in [2.05, 4.69) is 20.6 Å². The number of nitrogens with two attached hydrogens (primary N) is 1. The van der Waals surface area contributed by atoms with Crippen molar-refractivity contribution in [2.24, 2.45) is 5.73 Å². The van der Waals surface area contributed by atoms with Crippen molar-refractivity contribution < 1.29 is 29.4 Å². The van der Waals surface area contributed by atoms with Gasteiger partial charge in [0.15, 0.2) is 0 Å². The van der Waals surface area contributed by atoms with Gasteiger partial charge in [-0.15, -0.1) is 0 Å². The van der Waals surface area contributed by atoms with Gasteiger partial charge in [0.05, 0.1) is 12.4 Å². The van der Waals surface area contributed by atoms with Crippen molar-refractivity contribution in [2.75, 3.05) is 18.6 Å². The number of aliphatic carboxylic acids is 1. The molecule has 0 bridgehead atoms. The zero-order valence-electron chi connectivity index (χ0n) is 21.1. The number of benzene rings is 1. The van der Waals surface area contributed by atoms with E-state index in [1.165, 1.54) is 35.1 Å². The van der Waals surface area contributed by atoms with Gasteiger partial charge in [0.25, 0.3) is 0 Å². The second-order valence-electron chi connectivity index (χ2n) is 9.19. The molecule has 12 nitrogen and oxygen atoms in total. The Kier molecular flexibility index (Phi) is 10.5. The van der Waals surface area contributed by atoms with Crippen molar-refractivity contribution >= 4 is 35.5 Å². The third-order valence-electron chi connectivity index (χ3n) is 6.38. The first-order valence-corrected chi connectivity index (χ1v) is 13.7. The number of carboxylic acids is 1. The van der Waals surface area contributed by atoms with Gasteiger partial charge in [0.2, 0.25) is 17.7 Å². The fourth-order valence-corrected chi connectivity index (χ4v) is 4.82. The molecule has 3 rings (SSSR count). The number of hydrogen-bond acceptors (Lipinski definition) is 8. The lowest BCUT2D eigenvalue weighted by molar-refractivity contribution is -0.143. The maximum Gasteiger partial charge on any atom is 0.326 e. The Morgan fingerprint density at radius 3 is 2.55 bits per heavy atom. The van der Waals surface area contributed by atoms with Crippen LogP contribution in [0.4, 0.5) is 0 Å². The molecular formula is C25H34N6O6S. The van der Waals surface area contributed by atoms with Gasteiger partial charge in [-0.25, -0.2) is 9.78 Å². The highest BCUT2D eigenvalue weighted by molar-refractivity contribution is 7.98. The van der Waals surface area contributed by atoms with Gasteiger partial charge in [-0.2, -0.15) is 11.8 Å². The molecule has 1 aromatic heterocycles. The second-order valence-corrected chi connectivity index (χ2v) is 10.2. The molecular weight excluding hydrogens is 512 g/mol. The van der Waals surface area contributed by atoms with Crippen molar-refractivity contribution in [3.63, 3.8) is 0 Å². The van der Waals surface area contributed by atoms with Gasteiger partial charge in [0, 0.05) is 31.3 Å². The molecule has 2 aromatic rings. The topological polar surface area (TPSA) is 191 Å². The molecule has 1 aliphatic heterocycles. The van der Waals surface area contributed by atoms with E-state index in [0.29, 0.717) is 36.4 Å². The number of aromatic nitrogens is 2. The maximum absolute atomic E-state index is 13.2. The fourth-order valence-electron chi connectivity index (χ4n) is 4.35. The molecule has 3 amide bonds. The van der Waals surface area contributed by atoms with Crippen LogP contribution in [-0.2, 0) is 32.0 Å². The van der Waals surface area contributed by atoms with Crippen LogP contribution in [0.15, 0.2) is 36.8 Å². The van der Waals surface area contributed by atoms with Crippen molar-refractivity contribution in [3.8, 4) is 5.75 Å². The Hall–Kier alpha value is -3.58. The summed E-state index contributed by atoms with van der Waals surface area (Å²) in [6.45, 7) is 0.378. The second kappa shape index (κ2) is 13.8. The molecule has 1 aliphatic rings. The fraction of sp³-hybridized carbons (Fsp3) is 0.480. The standard InChI is InChI=1S/C25H34N6O6S/c1-38-10-8-19(22(33)30-20(25(36)37)11-15-4-6-17(32)7-5-15)29-23(34)21-3-2-9-31(21)24(35)18(26)12-16-13-27-14-28-16/h4-7,13-14,18-21,32H,2-3,8-12,26H2,1H3,(H,27,28)(H,29,34)(H,30,33)(H,36,37). The number of thioether (sulfide) groups is 1. The van der Waals surface area contributed by atoms with Crippen LogP contribution in [0.25, 0.3) is 0 Å². The molecule has 0 radical (unpaired) electrons. The van der Waals surface area contributed by atoms with E-state index in [4.69, 9.17) is 5.73 Å². The summed E-state index contributed by atoms with van der Waals surface area (Å²) in [6, 6.07) is 2.20. The molecule has 1 fully saturated rings. The molecule has 1 saturated heterocycles. The van der Waals surface area contributed by atoms with E-state index in [0.717, 1.165) is 0 Å². The molecule has 7 N–H and O–H groups in total. The summed E-state index contributed by atoms with van der Waals surface area (Å²) in [7, 11) is 0. The summed E-state index contributed by atoms with van der Waals surface area (Å²) in [6.07, 6.45) is 6.54. The van der Waals surface area contributed by atoms with Crippen LogP contribution < -0.4 is 16.4 Å². The molecule has 0 spiro atoms. The van der Waals surface area contributed by atoms with Crippen LogP contribution in [0.2, 0.25) is 0 Å². The van der Waals surface area contributed by atoms with Crippen LogP contribution in [0, 0.1) is 0 Å². The van der Waals surface area contributed by atoms with Crippen molar-refractivity contribution in [3.05, 3.63) is 48.0 Å². The average Bonchev–Trinajstić information content (AvgIpc) is 3.59. The Morgan fingerprint density at radius 1 is 1.18 bits per heavy atom. The number of imidazole rings is 1. The molecule has 0 saturated carbocycles. The number of H-pyrrole nitrogens is 1. The van der Waals surface area contributed by atoms with Gasteiger partial charge >= 0.3 is 5.97 Å². The number of nitrogens with one attached hydrogen (secondary N) is 3.